The molecule has 0 bridgehead atoms. The molecule has 0 spiro atoms. The Bertz CT molecular complexity index is 1130. The standard InChI is InChI=1S/C34H48N2O10/c1-7-33(3,4)29(37)35(25-27-15-11-9-12-16-27)45-31(39)43-23-21-41-19-20-42-22-24-44-32(40)46-36(30(38)34(5,6)8-2)26-28-17-13-10-14-18-28/h9-18H,7-8,19-26H2,1-6H3. The fraction of sp³-hybridized carbons (Fsp3) is 0.529. The molecule has 0 aliphatic rings. The summed E-state index contributed by atoms with van der Waals surface area (Å²) >= 11 is 0. The van der Waals surface area contributed by atoms with Crippen molar-refractivity contribution < 1.29 is 47.8 Å². The predicted molar refractivity (Wildman–Crippen MR) is 169 cm³/mol. The molecule has 46 heavy (non-hydrogen) atoms. The lowest BCUT2D eigenvalue weighted by Gasteiger charge is -2.29. The first-order valence-corrected chi connectivity index (χ1v) is 15.5. The number of amides is 2. The van der Waals surface area contributed by atoms with Gasteiger partial charge in [0.15, 0.2) is 0 Å². The number of hydrogen-bond donors (Lipinski definition) is 0. The van der Waals surface area contributed by atoms with Crippen molar-refractivity contribution >= 4 is 24.1 Å². The second-order valence-corrected chi connectivity index (χ2v) is 11.7. The highest BCUT2D eigenvalue weighted by atomic mass is 16.8. The monoisotopic (exact) mass is 644 g/mol. The third-order valence-electron chi connectivity index (χ3n) is 7.35. The third kappa shape index (κ3) is 13.5. The van der Waals surface area contributed by atoms with Crippen LogP contribution in [0, 0.1) is 10.8 Å². The van der Waals surface area contributed by atoms with Gasteiger partial charge in [-0.2, -0.15) is 10.1 Å². The number of carbonyl (C=O) groups excluding carboxylic acids is 4. The van der Waals surface area contributed by atoms with Crippen LogP contribution < -0.4 is 0 Å². The summed E-state index contributed by atoms with van der Waals surface area (Å²) in [6.07, 6.45) is -0.897. The topological polar surface area (TPSA) is 130 Å². The van der Waals surface area contributed by atoms with Gasteiger partial charge in [0.05, 0.1) is 39.5 Å². The lowest BCUT2D eigenvalue weighted by molar-refractivity contribution is -0.186. The number of ether oxygens (including phenoxy) is 4. The maximum atomic E-state index is 13.0. The molecule has 0 N–H and O–H groups in total. The molecule has 0 unspecified atom stereocenters. The first kappa shape index (κ1) is 38.0. The first-order chi connectivity index (χ1) is 21.9. The molecule has 0 radical (unpaired) electrons. The smallest absolute Gasteiger partial charge is 0.430 e. The molecule has 0 saturated heterocycles. The van der Waals surface area contributed by atoms with E-state index in [-0.39, 0.29) is 64.5 Å². The zero-order valence-electron chi connectivity index (χ0n) is 27.8. The Morgan fingerprint density at radius 3 is 1.20 bits per heavy atom. The molecule has 0 fully saturated rings. The van der Waals surface area contributed by atoms with Crippen LogP contribution in [-0.2, 0) is 51.3 Å². The van der Waals surface area contributed by atoms with Gasteiger partial charge < -0.3 is 28.6 Å². The minimum Gasteiger partial charge on any atom is -0.430 e. The van der Waals surface area contributed by atoms with Crippen molar-refractivity contribution in [3.63, 3.8) is 0 Å². The molecule has 12 heteroatoms. The SMILES string of the molecule is CCC(C)(C)C(=O)N(Cc1ccccc1)OC(=O)OCCOCCOCCOC(=O)ON(Cc1ccccc1)C(=O)C(C)(C)CC. The van der Waals surface area contributed by atoms with Gasteiger partial charge in [0, 0.05) is 10.8 Å². The number of benzene rings is 2. The second-order valence-electron chi connectivity index (χ2n) is 11.7. The van der Waals surface area contributed by atoms with Crippen molar-refractivity contribution in [3.8, 4) is 0 Å². The highest BCUT2D eigenvalue weighted by Gasteiger charge is 2.34. The van der Waals surface area contributed by atoms with Crippen LogP contribution in [0.3, 0.4) is 0 Å². The molecule has 0 atom stereocenters. The van der Waals surface area contributed by atoms with E-state index in [2.05, 4.69) is 0 Å². The molecule has 2 amide bonds. The van der Waals surface area contributed by atoms with Gasteiger partial charge in [-0.1, -0.05) is 102 Å². The van der Waals surface area contributed by atoms with Crippen molar-refractivity contribution in [2.24, 2.45) is 10.8 Å². The summed E-state index contributed by atoms with van der Waals surface area (Å²) in [7, 11) is 0. The minimum atomic E-state index is -1.01. The third-order valence-corrected chi connectivity index (χ3v) is 7.35. The average molecular weight is 645 g/mol. The van der Waals surface area contributed by atoms with E-state index in [0.29, 0.717) is 12.8 Å². The molecule has 2 aromatic rings. The summed E-state index contributed by atoms with van der Waals surface area (Å²) in [6, 6.07) is 18.4. The summed E-state index contributed by atoms with van der Waals surface area (Å²) in [4.78, 5) is 61.1. The minimum absolute atomic E-state index is 0.0771. The Balaban J connectivity index is 1.65. The molecule has 2 rings (SSSR count). The molecular weight excluding hydrogens is 596 g/mol. The van der Waals surface area contributed by atoms with E-state index in [4.69, 9.17) is 28.6 Å². The van der Waals surface area contributed by atoms with E-state index in [1.54, 1.807) is 27.7 Å². The lowest BCUT2D eigenvalue weighted by atomic mass is 9.89. The van der Waals surface area contributed by atoms with Gasteiger partial charge in [0.1, 0.15) is 13.2 Å². The van der Waals surface area contributed by atoms with Crippen LogP contribution in [0.1, 0.15) is 65.5 Å². The Hall–Kier alpha value is -4.16. The zero-order valence-corrected chi connectivity index (χ0v) is 27.8. The average Bonchev–Trinajstić information content (AvgIpc) is 3.05. The van der Waals surface area contributed by atoms with Crippen molar-refractivity contribution in [1.29, 1.82) is 0 Å². The Kier molecular flexibility index (Phi) is 16.0. The maximum Gasteiger partial charge on any atom is 0.533 e. The molecule has 12 nitrogen and oxygen atoms in total. The van der Waals surface area contributed by atoms with E-state index in [9.17, 15) is 19.2 Å². The quantitative estimate of drug-likeness (QED) is 0.113. The highest BCUT2D eigenvalue weighted by molar-refractivity contribution is 5.82. The van der Waals surface area contributed by atoms with Crippen LogP contribution in [0.4, 0.5) is 9.59 Å². The van der Waals surface area contributed by atoms with Gasteiger partial charge >= 0.3 is 12.3 Å². The van der Waals surface area contributed by atoms with Gasteiger partial charge in [-0.15, -0.1) is 0 Å². The fourth-order valence-corrected chi connectivity index (χ4v) is 3.69. The lowest BCUT2D eigenvalue weighted by Crippen LogP contribution is -2.41. The van der Waals surface area contributed by atoms with Crippen molar-refractivity contribution in [2.75, 3.05) is 39.6 Å². The number of rotatable bonds is 17. The normalized spacial score (nSPS) is 11.3. The summed E-state index contributed by atoms with van der Waals surface area (Å²) in [5.41, 5.74) is 0.156. The van der Waals surface area contributed by atoms with Gasteiger partial charge in [0.2, 0.25) is 0 Å². The number of carbonyl (C=O) groups is 4. The van der Waals surface area contributed by atoms with Gasteiger partial charge in [-0.05, 0) is 24.0 Å². The summed E-state index contributed by atoms with van der Waals surface area (Å²) in [5, 5.41) is 2.05. The van der Waals surface area contributed by atoms with Crippen LogP contribution in [-0.4, -0.2) is 73.9 Å². The summed E-state index contributed by atoms with van der Waals surface area (Å²) in [6.45, 7) is 11.5. The van der Waals surface area contributed by atoms with E-state index in [0.717, 1.165) is 21.3 Å². The Morgan fingerprint density at radius 1 is 0.543 bits per heavy atom. The Labute approximate surface area is 271 Å². The zero-order chi connectivity index (χ0) is 34.0. The highest BCUT2D eigenvalue weighted by Crippen LogP contribution is 2.26. The molecule has 254 valence electrons. The maximum absolute atomic E-state index is 13.0. The largest absolute Gasteiger partial charge is 0.533 e. The predicted octanol–water partition coefficient (Wildman–Crippen LogP) is 6.09. The molecule has 2 aromatic carbocycles. The number of hydroxylamine groups is 4. The molecule has 0 aliphatic heterocycles. The van der Waals surface area contributed by atoms with Crippen LogP contribution in [0.5, 0.6) is 0 Å². The van der Waals surface area contributed by atoms with Crippen LogP contribution in [0.15, 0.2) is 60.7 Å². The van der Waals surface area contributed by atoms with Gasteiger partial charge in [0.25, 0.3) is 11.8 Å². The summed E-state index contributed by atoms with van der Waals surface area (Å²) < 4.78 is 20.9. The first-order valence-electron chi connectivity index (χ1n) is 15.5. The van der Waals surface area contributed by atoms with Crippen molar-refractivity contribution in [3.05, 3.63) is 71.8 Å². The van der Waals surface area contributed by atoms with Crippen LogP contribution in [0.25, 0.3) is 0 Å². The number of hydrogen-bond acceptors (Lipinski definition) is 10. The summed E-state index contributed by atoms with van der Waals surface area (Å²) in [5.74, 6) is -0.667. The number of nitrogens with zero attached hydrogens (tertiary/aromatic N) is 2. The van der Waals surface area contributed by atoms with Crippen molar-refractivity contribution in [1.82, 2.24) is 10.1 Å². The molecule has 0 saturated carbocycles. The molecule has 0 aromatic heterocycles. The van der Waals surface area contributed by atoms with Gasteiger partial charge in [-0.3, -0.25) is 9.59 Å². The van der Waals surface area contributed by atoms with E-state index < -0.39 is 23.1 Å². The molecule has 0 aliphatic carbocycles. The Morgan fingerprint density at radius 2 is 0.870 bits per heavy atom. The van der Waals surface area contributed by atoms with Crippen LogP contribution >= 0.6 is 0 Å². The van der Waals surface area contributed by atoms with Crippen molar-refractivity contribution in [2.45, 2.75) is 67.5 Å². The fourth-order valence-electron chi connectivity index (χ4n) is 3.69. The van der Waals surface area contributed by atoms with E-state index >= 15 is 0 Å². The molecular formula is C34H48N2O10. The second kappa shape index (κ2) is 19.4. The van der Waals surface area contributed by atoms with E-state index in [1.165, 1.54) is 0 Å². The van der Waals surface area contributed by atoms with E-state index in [1.807, 2.05) is 74.5 Å². The van der Waals surface area contributed by atoms with Gasteiger partial charge in [-0.25, -0.2) is 9.59 Å². The molecule has 0 heterocycles. The van der Waals surface area contributed by atoms with Crippen LogP contribution in [0.2, 0.25) is 0 Å².